The summed E-state index contributed by atoms with van der Waals surface area (Å²) in [7, 11) is 0. The van der Waals surface area contributed by atoms with Crippen molar-refractivity contribution >= 4 is 23.2 Å². The van der Waals surface area contributed by atoms with Gasteiger partial charge in [0.2, 0.25) is 0 Å². The summed E-state index contributed by atoms with van der Waals surface area (Å²) < 4.78 is 5.62. The minimum atomic E-state index is 0.0141. The van der Waals surface area contributed by atoms with Gasteiger partial charge in [-0.05, 0) is 43.5 Å². The van der Waals surface area contributed by atoms with E-state index in [9.17, 15) is 9.59 Å². The monoisotopic (exact) mass is 443 g/mol. The molecule has 31 heavy (non-hydrogen) atoms. The Labute approximate surface area is 189 Å². The maximum Gasteiger partial charge on any atom is 0.261 e. The van der Waals surface area contributed by atoms with Crippen molar-refractivity contribution in [2.45, 2.75) is 33.7 Å². The van der Waals surface area contributed by atoms with Gasteiger partial charge >= 0.3 is 0 Å². The number of hydrogen-bond acceptors (Lipinski definition) is 5. The van der Waals surface area contributed by atoms with Crippen LogP contribution in [-0.4, -0.2) is 60.9 Å². The Morgan fingerprint density at radius 2 is 1.84 bits per heavy atom. The highest BCUT2D eigenvalue weighted by molar-refractivity contribution is 7.14. The molecule has 1 aromatic heterocycles. The van der Waals surface area contributed by atoms with Crippen LogP contribution in [0.2, 0.25) is 0 Å². The van der Waals surface area contributed by atoms with Crippen LogP contribution in [0.5, 0.6) is 5.75 Å². The second-order valence-corrected chi connectivity index (χ2v) is 9.37. The van der Waals surface area contributed by atoms with E-state index in [0.717, 1.165) is 30.9 Å². The second kappa shape index (κ2) is 11.3. The molecule has 1 aliphatic rings. The Morgan fingerprint density at radius 3 is 2.55 bits per heavy atom. The summed E-state index contributed by atoms with van der Waals surface area (Å²) in [5.41, 5.74) is 0.629. The third kappa shape index (κ3) is 6.55. The van der Waals surface area contributed by atoms with E-state index in [4.69, 9.17) is 4.74 Å². The number of rotatable bonds is 9. The molecule has 1 N–H and O–H groups in total. The van der Waals surface area contributed by atoms with Crippen molar-refractivity contribution in [3.05, 3.63) is 51.7 Å². The van der Waals surface area contributed by atoms with E-state index in [1.165, 1.54) is 4.88 Å². The minimum absolute atomic E-state index is 0.0141. The van der Waals surface area contributed by atoms with Gasteiger partial charge in [0.15, 0.2) is 0 Å². The van der Waals surface area contributed by atoms with Crippen LogP contribution >= 0.6 is 11.3 Å². The molecule has 0 aliphatic carbocycles. The quantitative estimate of drug-likeness (QED) is 0.639. The van der Waals surface area contributed by atoms with Crippen LogP contribution in [0.25, 0.3) is 0 Å². The first-order chi connectivity index (χ1) is 15.0. The molecule has 2 aromatic rings. The van der Waals surface area contributed by atoms with Gasteiger partial charge < -0.3 is 15.0 Å². The number of carbonyl (C=O) groups is 2. The first kappa shape index (κ1) is 23.3. The molecule has 1 fully saturated rings. The van der Waals surface area contributed by atoms with Crippen LogP contribution in [0.15, 0.2) is 36.4 Å². The van der Waals surface area contributed by atoms with Gasteiger partial charge in [-0.25, -0.2) is 0 Å². The minimum Gasteiger partial charge on any atom is -0.493 e. The lowest BCUT2D eigenvalue weighted by Gasteiger charge is -2.34. The van der Waals surface area contributed by atoms with Crippen LogP contribution in [0, 0.1) is 5.92 Å². The molecule has 1 aliphatic heterocycles. The van der Waals surface area contributed by atoms with Crippen molar-refractivity contribution < 1.29 is 14.3 Å². The van der Waals surface area contributed by atoms with Crippen molar-refractivity contribution in [2.75, 3.05) is 39.3 Å². The van der Waals surface area contributed by atoms with Gasteiger partial charge in [0.25, 0.3) is 11.8 Å². The van der Waals surface area contributed by atoms with Crippen LogP contribution in [0.4, 0.5) is 0 Å². The highest BCUT2D eigenvalue weighted by Gasteiger charge is 2.24. The largest absolute Gasteiger partial charge is 0.493 e. The van der Waals surface area contributed by atoms with Crippen molar-refractivity contribution in [1.82, 2.24) is 15.1 Å². The highest BCUT2D eigenvalue weighted by atomic mass is 32.1. The first-order valence-electron chi connectivity index (χ1n) is 11.1. The predicted molar refractivity (Wildman–Crippen MR) is 125 cm³/mol. The van der Waals surface area contributed by atoms with E-state index < -0.39 is 0 Å². The van der Waals surface area contributed by atoms with Crippen molar-refractivity contribution in [3.8, 4) is 5.75 Å². The molecule has 0 bridgehead atoms. The normalized spacial score (nSPS) is 14.6. The molecule has 1 aromatic carbocycles. The standard InChI is InChI=1S/C24H33N3O3S/c1-4-30-21-8-6-5-7-20(21)24(29)27-15-13-26(14-16-27)17-19-9-10-22(31-19)23(28)25-12-11-18(2)3/h5-10,18H,4,11-17H2,1-3H3,(H,25,28). The summed E-state index contributed by atoms with van der Waals surface area (Å²) in [4.78, 5) is 31.4. The second-order valence-electron chi connectivity index (χ2n) is 8.20. The van der Waals surface area contributed by atoms with Gasteiger partial charge in [-0.15, -0.1) is 11.3 Å². The van der Waals surface area contributed by atoms with E-state index in [-0.39, 0.29) is 11.8 Å². The zero-order valence-electron chi connectivity index (χ0n) is 18.7. The number of piperazine rings is 1. The predicted octanol–water partition coefficient (Wildman–Crippen LogP) is 3.88. The van der Waals surface area contributed by atoms with Gasteiger partial charge in [0.05, 0.1) is 17.0 Å². The number of thiophene rings is 1. The average Bonchev–Trinajstić information content (AvgIpc) is 3.23. The molecular weight excluding hydrogens is 410 g/mol. The Morgan fingerprint density at radius 1 is 1.10 bits per heavy atom. The average molecular weight is 444 g/mol. The lowest BCUT2D eigenvalue weighted by molar-refractivity contribution is 0.0625. The summed E-state index contributed by atoms with van der Waals surface area (Å²) in [5, 5.41) is 3.00. The fourth-order valence-electron chi connectivity index (χ4n) is 3.57. The molecule has 0 radical (unpaired) electrons. The molecule has 0 atom stereocenters. The Kier molecular flexibility index (Phi) is 8.49. The zero-order chi connectivity index (χ0) is 22.2. The number of amides is 2. The zero-order valence-corrected chi connectivity index (χ0v) is 19.5. The van der Waals surface area contributed by atoms with Crippen LogP contribution < -0.4 is 10.1 Å². The molecule has 3 rings (SSSR count). The van der Waals surface area contributed by atoms with Gasteiger partial charge in [0, 0.05) is 44.1 Å². The van der Waals surface area contributed by atoms with Gasteiger partial charge in [-0.2, -0.15) is 0 Å². The van der Waals surface area contributed by atoms with Crippen LogP contribution in [0.3, 0.4) is 0 Å². The first-order valence-corrected chi connectivity index (χ1v) is 11.9. The number of carbonyl (C=O) groups excluding carboxylic acids is 2. The van der Waals surface area contributed by atoms with E-state index in [1.54, 1.807) is 11.3 Å². The molecule has 0 spiro atoms. The molecule has 0 unspecified atom stereocenters. The summed E-state index contributed by atoms with van der Waals surface area (Å²) in [5.74, 6) is 1.27. The molecular formula is C24H33N3O3S. The summed E-state index contributed by atoms with van der Waals surface area (Å²) in [6.45, 7) is 11.3. The number of ether oxygens (including phenoxy) is 1. The molecule has 6 nitrogen and oxygen atoms in total. The molecule has 1 saturated heterocycles. The lowest BCUT2D eigenvalue weighted by Crippen LogP contribution is -2.48. The fourth-order valence-corrected chi connectivity index (χ4v) is 4.54. The van der Waals surface area contributed by atoms with Crippen molar-refractivity contribution in [1.29, 1.82) is 0 Å². The molecule has 168 valence electrons. The van der Waals surface area contributed by atoms with E-state index in [2.05, 4.69) is 24.1 Å². The summed E-state index contributed by atoms with van der Waals surface area (Å²) in [6, 6.07) is 11.4. The van der Waals surface area contributed by atoms with E-state index >= 15 is 0 Å². The Bertz CT molecular complexity index is 872. The third-order valence-corrected chi connectivity index (χ3v) is 6.42. The SMILES string of the molecule is CCOc1ccccc1C(=O)N1CCN(Cc2ccc(C(=O)NCCC(C)C)s2)CC1. The van der Waals surface area contributed by atoms with Crippen molar-refractivity contribution in [2.24, 2.45) is 5.92 Å². The van der Waals surface area contributed by atoms with Crippen LogP contribution in [-0.2, 0) is 6.54 Å². The molecule has 0 saturated carbocycles. The molecule has 7 heteroatoms. The Balaban J connectivity index is 1.49. The van der Waals surface area contributed by atoms with E-state index in [1.807, 2.05) is 48.2 Å². The van der Waals surface area contributed by atoms with Gasteiger partial charge in [-0.1, -0.05) is 26.0 Å². The topological polar surface area (TPSA) is 61.9 Å². The maximum absolute atomic E-state index is 13.0. The number of hydrogen-bond donors (Lipinski definition) is 1. The number of para-hydroxylation sites is 1. The maximum atomic E-state index is 13.0. The molecule has 2 heterocycles. The van der Waals surface area contributed by atoms with Crippen molar-refractivity contribution in [3.63, 3.8) is 0 Å². The third-order valence-electron chi connectivity index (χ3n) is 5.35. The van der Waals surface area contributed by atoms with Crippen LogP contribution in [0.1, 0.15) is 52.1 Å². The number of benzene rings is 1. The van der Waals surface area contributed by atoms with Gasteiger partial charge in [0.1, 0.15) is 5.75 Å². The summed E-state index contributed by atoms with van der Waals surface area (Å²) >= 11 is 1.55. The fraction of sp³-hybridized carbons (Fsp3) is 0.500. The van der Waals surface area contributed by atoms with E-state index in [0.29, 0.717) is 43.5 Å². The lowest BCUT2D eigenvalue weighted by atomic mass is 10.1. The molecule has 2 amide bonds. The smallest absolute Gasteiger partial charge is 0.261 e. The van der Waals surface area contributed by atoms with Gasteiger partial charge in [-0.3, -0.25) is 14.5 Å². The highest BCUT2D eigenvalue weighted by Crippen LogP contribution is 2.22. The summed E-state index contributed by atoms with van der Waals surface area (Å²) in [6.07, 6.45) is 0.988. The Hall–Kier alpha value is -2.38. The number of nitrogens with one attached hydrogen (secondary N) is 1. The number of nitrogens with zero attached hydrogens (tertiary/aromatic N) is 2.